The predicted octanol–water partition coefficient (Wildman–Crippen LogP) is 2.39. The summed E-state index contributed by atoms with van der Waals surface area (Å²) in [5, 5.41) is 4.24. The fourth-order valence-corrected chi connectivity index (χ4v) is 3.26. The molecule has 2 aliphatic heterocycles. The maximum absolute atomic E-state index is 5.83. The van der Waals surface area contributed by atoms with Gasteiger partial charge in [-0.3, -0.25) is 0 Å². The Morgan fingerprint density at radius 1 is 1.50 bits per heavy atom. The summed E-state index contributed by atoms with van der Waals surface area (Å²) >= 11 is 1.48. The summed E-state index contributed by atoms with van der Waals surface area (Å²) in [5.74, 6) is 1.45. The first-order valence-electron chi connectivity index (χ1n) is 6.09. The molecule has 2 bridgehead atoms. The van der Waals surface area contributed by atoms with Gasteiger partial charge in [-0.05, 0) is 25.7 Å². The van der Waals surface area contributed by atoms with Crippen LogP contribution in [0.1, 0.15) is 44.3 Å². The zero-order valence-electron chi connectivity index (χ0n) is 9.48. The minimum atomic E-state index is 0.388. The van der Waals surface area contributed by atoms with Crippen LogP contribution in [0.15, 0.2) is 0 Å². The molecule has 1 N–H and O–H groups in total. The minimum Gasteiger partial charge on any atom is -0.374 e. The van der Waals surface area contributed by atoms with E-state index >= 15 is 0 Å². The Bertz CT molecular complexity index is 368. The third-order valence-electron chi connectivity index (χ3n) is 3.41. The van der Waals surface area contributed by atoms with Crippen molar-refractivity contribution in [1.82, 2.24) is 9.36 Å². The summed E-state index contributed by atoms with van der Waals surface area (Å²) in [6.07, 6.45) is 5.52. The fraction of sp³-hybridized carbons (Fsp3) is 0.818. The second kappa shape index (κ2) is 4.30. The first-order chi connectivity index (χ1) is 7.86. The molecule has 0 amide bonds. The van der Waals surface area contributed by atoms with Crippen molar-refractivity contribution in [2.24, 2.45) is 0 Å². The zero-order valence-corrected chi connectivity index (χ0v) is 10.3. The molecule has 4 nitrogen and oxygen atoms in total. The highest BCUT2D eigenvalue weighted by atomic mass is 32.1. The number of anilines is 1. The second-order valence-corrected chi connectivity index (χ2v) is 5.35. The molecule has 3 heterocycles. The zero-order chi connectivity index (χ0) is 11.0. The Labute approximate surface area is 99.6 Å². The van der Waals surface area contributed by atoms with Crippen LogP contribution in [-0.4, -0.2) is 28.1 Å². The average Bonchev–Trinajstić information content (AvgIpc) is 3.01. The van der Waals surface area contributed by atoms with Gasteiger partial charge in [-0.25, -0.2) is 4.98 Å². The highest BCUT2D eigenvalue weighted by Gasteiger charge is 2.43. The SMILES string of the molecule is CCCNc1nc(C2CC3CCC2O3)ns1. The van der Waals surface area contributed by atoms with E-state index < -0.39 is 0 Å². The molecule has 2 aliphatic rings. The number of nitrogens with one attached hydrogen (secondary N) is 1. The van der Waals surface area contributed by atoms with E-state index in [2.05, 4.69) is 21.6 Å². The van der Waals surface area contributed by atoms with Gasteiger partial charge in [-0.2, -0.15) is 4.37 Å². The molecule has 5 heteroatoms. The molecular formula is C11H17N3OS. The lowest BCUT2D eigenvalue weighted by molar-refractivity contribution is 0.1000. The van der Waals surface area contributed by atoms with Crippen molar-refractivity contribution < 1.29 is 4.74 Å². The smallest absolute Gasteiger partial charge is 0.202 e. The topological polar surface area (TPSA) is 47.0 Å². The summed E-state index contributed by atoms with van der Waals surface area (Å²) in [4.78, 5) is 4.56. The van der Waals surface area contributed by atoms with Gasteiger partial charge in [0.2, 0.25) is 5.13 Å². The number of hydrogen-bond donors (Lipinski definition) is 1. The third kappa shape index (κ3) is 1.82. The van der Waals surface area contributed by atoms with Crippen molar-refractivity contribution >= 4 is 16.7 Å². The summed E-state index contributed by atoms with van der Waals surface area (Å²) in [5.41, 5.74) is 0. The molecule has 0 aromatic carbocycles. The van der Waals surface area contributed by atoms with Crippen LogP contribution in [0.2, 0.25) is 0 Å². The lowest BCUT2D eigenvalue weighted by Crippen LogP contribution is -2.15. The van der Waals surface area contributed by atoms with E-state index in [1.165, 1.54) is 24.4 Å². The van der Waals surface area contributed by atoms with Crippen LogP contribution in [0, 0.1) is 0 Å². The van der Waals surface area contributed by atoms with E-state index in [0.29, 0.717) is 18.1 Å². The first kappa shape index (κ1) is 10.5. The number of rotatable bonds is 4. The van der Waals surface area contributed by atoms with E-state index in [-0.39, 0.29) is 0 Å². The molecular weight excluding hydrogens is 222 g/mol. The van der Waals surface area contributed by atoms with Crippen molar-refractivity contribution in [3.05, 3.63) is 5.82 Å². The Kier molecular flexibility index (Phi) is 2.81. The van der Waals surface area contributed by atoms with E-state index in [1.807, 2.05) is 0 Å². The molecule has 0 aliphatic carbocycles. The van der Waals surface area contributed by atoms with Gasteiger partial charge < -0.3 is 10.1 Å². The third-order valence-corrected chi connectivity index (χ3v) is 4.09. The predicted molar refractivity (Wildman–Crippen MR) is 63.9 cm³/mol. The van der Waals surface area contributed by atoms with Crippen molar-refractivity contribution in [1.29, 1.82) is 0 Å². The van der Waals surface area contributed by atoms with Gasteiger partial charge in [0, 0.05) is 24.0 Å². The van der Waals surface area contributed by atoms with Crippen LogP contribution in [0.25, 0.3) is 0 Å². The normalized spacial score (nSPS) is 32.2. The minimum absolute atomic E-state index is 0.388. The number of fused-ring (bicyclic) bond motifs is 2. The number of hydrogen-bond acceptors (Lipinski definition) is 5. The summed E-state index contributed by atoms with van der Waals surface area (Å²) in [6.45, 7) is 3.13. The second-order valence-electron chi connectivity index (χ2n) is 4.60. The van der Waals surface area contributed by atoms with E-state index in [4.69, 9.17) is 4.74 Å². The van der Waals surface area contributed by atoms with Gasteiger partial charge in [-0.1, -0.05) is 6.92 Å². The summed E-state index contributed by atoms with van der Waals surface area (Å²) in [6, 6.07) is 0. The molecule has 1 aromatic heterocycles. The standard InChI is InChI=1S/C11H17N3OS/c1-2-5-12-11-13-10(14-16-11)8-6-7-3-4-9(8)15-7/h7-9H,2-6H2,1H3,(H,12,13,14). The molecule has 16 heavy (non-hydrogen) atoms. The highest BCUT2D eigenvalue weighted by molar-refractivity contribution is 7.09. The molecule has 0 spiro atoms. The highest BCUT2D eigenvalue weighted by Crippen LogP contribution is 2.43. The first-order valence-corrected chi connectivity index (χ1v) is 6.87. The number of nitrogens with zero attached hydrogens (tertiary/aromatic N) is 2. The maximum Gasteiger partial charge on any atom is 0.202 e. The lowest BCUT2D eigenvalue weighted by atomic mass is 9.89. The van der Waals surface area contributed by atoms with Gasteiger partial charge in [0.05, 0.1) is 12.2 Å². The van der Waals surface area contributed by atoms with E-state index in [9.17, 15) is 0 Å². The molecule has 88 valence electrons. The van der Waals surface area contributed by atoms with Gasteiger partial charge in [0.25, 0.3) is 0 Å². The van der Waals surface area contributed by atoms with Crippen molar-refractivity contribution in [2.75, 3.05) is 11.9 Å². The van der Waals surface area contributed by atoms with Gasteiger partial charge in [0.1, 0.15) is 5.82 Å². The Balaban J connectivity index is 1.68. The van der Waals surface area contributed by atoms with Gasteiger partial charge in [0.15, 0.2) is 0 Å². The number of ether oxygens (including phenoxy) is 1. The summed E-state index contributed by atoms with van der Waals surface area (Å²) < 4.78 is 10.3. The molecule has 3 atom stereocenters. The monoisotopic (exact) mass is 239 g/mol. The summed E-state index contributed by atoms with van der Waals surface area (Å²) in [7, 11) is 0. The van der Waals surface area contributed by atoms with Crippen LogP contribution in [0.5, 0.6) is 0 Å². The fourth-order valence-electron chi connectivity index (χ4n) is 2.60. The van der Waals surface area contributed by atoms with Gasteiger partial charge in [-0.15, -0.1) is 0 Å². The lowest BCUT2D eigenvalue weighted by Gasteiger charge is -2.14. The molecule has 2 saturated heterocycles. The number of aromatic nitrogens is 2. The van der Waals surface area contributed by atoms with Crippen LogP contribution in [-0.2, 0) is 4.74 Å². The molecule has 1 aromatic rings. The Hall–Kier alpha value is -0.680. The van der Waals surface area contributed by atoms with Crippen LogP contribution in [0.4, 0.5) is 5.13 Å². The molecule has 3 unspecified atom stereocenters. The largest absolute Gasteiger partial charge is 0.374 e. The van der Waals surface area contributed by atoms with Crippen molar-refractivity contribution in [2.45, 2.75) is 50.7 Å². The Morgan fingerprint density at radius 3 is 3.12 bits per heavy atom. The van der Waals surface area contributed by atoms with Crippen LogP contribution in [0.3, 0.4) is 0 Å². The van der Waals surface area contributed by atoms with E-state index in [1.54, 1.807) is 0 Å². The molecule has 3 rings (SSSR count). The quantitative estimate of drug-likeness (QED) is 0.876. The van der Waals surface area contributed by atoms with Crippen molar-refractivity contribution in [3.8, 4) is 0 Å². The molecule has 0 saturated carbocycles. The van der Waals surface area contributed by atoms with Crippen LogP contribution >= 0.6 is 11.5 Å². The van der Waals surface area contributed by atoms with Crippen LogP contribution < -0.4 is 5.32 Å². The Morgan fingerprint density at radius 2 is 2.44 bits per heavy atom. The van der Waals surface area contributed by atoms with Gasteiger partial charge >= 0.3 is 0 Å². The van der Waals surface area contributed by atoms with E-state index in [0.717, 1.165) is 30.3 Å². The maximum atomic E-state index is 5.83. The molecule has 2 fully saturated rings. The molecule has 0 radical (unpaired) electrons. The average molecular weight is 239 g/mol. The van der Waals surface area contributed by atoms with Crippen molar-refractivity contribution in [3.63, 3.8) is 0 Å².